The molecule has 4 aliphatic rings. The van der Waals surface area contributed by atoms with Crippen LogP contribution in [0.15, 0.2) is 29.2 Å². The van der Waals surface area contributed by atoms with Crippen molar-refractivity contribution < 1.29 is 17.0 Å². The van der Waals surface area contributed by atoms with Gasteiger partial charge in [-0.1, -0.05) is 20.3 Å². The van der Waals surface area contributed by atoms with Gasteiger partial charge in [-0.05, 0) is 117 Å². The maximum absolute atomic E-state index is 13.2. The van der Waals surface area contributed by atoms with Crippen molar-refractivity contribution in [3.63, 3.8) is 0 Å². The molecule has 7 atom stereocenters. The molecule has 0 saturated heterocycles. The van der Waals surface area contributed by atoms with E-state index >= 15 is 0 Å². The zero-order chi connectivity index (χ0) is 21.1. The van der Waals surface area contributed by atoms with E-state index in [1.807, 2.05) is 0 Å². The van der Waals surface area contributed by atoms with E-state index in [-0.39, 0.29) is 11.0 Å². The van der Waals surface area contributed by atoms with Crippen LogP contribution in [-0.4, -0.2) is 14.5 Å². The van der Waals surface area contributed by atoms with Gasteiger partial charge in [0.05, 0.1) is 11.0 Å². The van der Waals surface area contributed by atoms with Gasteiger partial charge >= 0.3 is 0 Å². The first-order valence-corrected chi connectivity index (χ1v) is 13.3. The summed E-state index contributed by atoms with van der Waals surface area (Å²) >= 11 is 0. The summed E-state index contributed by atoms with van der Waals surface area (Å²) in [6.07, 6.45) is 11.9. The molecule has 0 spiro atoms. The van der Waals surface area contributed by atoms with Crippen molar-refractivity contribution in [2.75, 3.05) is 0 Å². The Morgan fingerprint density at radius 3 is 2.47 bits per heavy atom. The highest BCUT2D eigenvalue weighted by atomic mass is 32.2. The van der Waals surface area contributed by atoms with Gasteiger partial charge in [0.15, 0.2) is 0 Å². The van der Waals surface area contributed by atoms with Crippen LogP contribution in [0.5, 0.6) is 0 Å². The largest absolute Gasteiger partial charge is 0.297 e. The van der Waals surface area contributed by atoms with Gasteiger partial charge in [0.2, 0.25) is 0 Å². The Morgan fingerprint density at radius 1 is 0.933 bits per heavy atom. The molecule has 4 aliphatic carbocycles. The molecule has 0 unspecified atom stereocenters. The Bertz CT molecular complexity index is 897. The maximum Gasteiger partial charge on any atom is 0.297 e. The first-order chi connectivity index (χ1) is 14.2. The normalized spacial score (nSPS) is 43.5. The zero-order valence-electron chi connectivity index (χ0n) is 18.3. The lowest BCUT2D eigenvalue weighted by Gasteiger charge is -2.60. The SMILES string of the molecule is C[C@]12CCC[C@@H]1[C@@H]1CC[C@H]3C[C@H](OS(=O)(=O)c4ccc(F)cc4)CC[C@@]3(C)[C@@H]1CC2. The Balaban J connectivity index is 1.30. The minimum Gasteiger partial charge on any atom is -0.263 e. The topological polar surface area (TPSA) is 43.4 Å². The third kappa shape index (κ3) is 3.35. The van der Waals surface area contributed by atoms with Gasteiger partial charge in [-0.3, -0.25) is 4.18 Å². The van der Waals surface area contributed by atoms with Crippen LogP contribution >= 0.6 is 0 Å². The summed E-state index contributed by atoms with van der Waals surface area (Å²) in [5, 5.41) is 0. The van der Waals surface area contributed by atoms with Crippen molar-refractivity contribution in [2.24, 2.45) is 34.5 Å². The van der Waals surface area contributed by atoms with Gasteiger partial charge in [-0.25, -0.2) is 4.39 Å². The van der Waals surface area contributed by atoms with Crippen LogP contribution in [0.4, 0.5) is 4.39 Å². The summed E-state index contributed by atoms with van der Waals surface area (Å²) < 4.78 is 44.2. The fourth-order valence-electron chi connectivity index (χ4n) is 8.14. The maximum atomic E-state index is 13.2. The van der Waals surface area contributed by atoms with Crippen LogP contribution in [0.3, 0.4) is 0 Å². The van der Waals surface area contributed by atoms with Crippen LogP contribution in [0, 0.1) is 40.3 Å². The van der Waals surface area contributed by atoms with Crippen LogP contribution in [0.25, 0.3) is 0 Å². The molecule has 0 amide bonds. The van der Waals surface area contributed by atoms with Crippen molar-refractivity contribution in [3.05, 3.63) is 30.1 Å². The molecular weight excluding hydrogens is 399 g/mol. The summed E-state index contributed by atoms with van der Waals surface area (Å²) in [7, 11) is -3.84. The highest BCUT2D eigenvalue weighted by molar-refractivity contribution is 7.86. The first kappa shape index (κ1) is 20.9. The second kappa shape index (κ2) is 7.30. The number of halogens is 1. The predicted octanol–water partition coefficient (Wildman–Crippen LogP) is 6.33. The molecule has 0 aromatic heterocycles. The monoisotopic (exact) mass is 434 g/mol. The van der Waals surface area contributed by atoms with Crippen molar-refractivity contribution in [1.82, 2.24) is 0 Å². The fourth-order valence-corrected chi connectivity index (χ4v) is 9.25. The van der Waals surface area contributed by atoms with Gasteiger partial charge in [-0.15, -0.1) is 0 Å². The smallest absolute Gasteiger partial charge is 0.263 e. The average molecular weight is 435 g/mol. The summed E-state index contributed by atoms with van der Waals surface area (Å²) in [6, 6.07) is 4.94. The highest BCUT2D eigenvalue weighted by Gasteiger charge is 2.58. The predicted molar refractivity (Wildman–Crippen MR) is 115 cm³/mol. The van der Waals surface area contributed by atoms with Gasteiger partial charge in [-0.2, -0.15) is 8.42 Å². The van der Waals surface area contributed by atoms with Crippen molar-refractivity contribution >= 4 is 10.1 Å². The molecule has 3 nitrogen and oxygen atoms in total. The van der Waals surface area contributed by atoms with Crippen molar-refractivity contribution in [3.8, 4) is 0 Å². The van der Waals surface area contributed by atoms with Crippen LogP contribution in [0.2, 0.25) is 0 Å². The van der Waals surface area contributed by atoms with Gasteiger partial charge in [0.25, 0.3) is 10.1 Å². The number of fused-ring (bicyclic) bond motifs is 5. The second-order valence-electron chi connectivity index (χ2n) is 11.1. The quantitative estimate of drug-likeness (QED) is 0.522. The fraction of sp³-hybridized carbons (Fsp3) is 0.760. The molecule has 0 heterocycles. The summed E-state index contributed by atoms with van der Waals surface area (Å²) in [5.41, 5.74) is 0.903. The third-order valence-electron chi connectivity index (χ3n) is 9.76. The molecule has 4 saturated carbocycles. The molecule has 1 aromatic rings. The lowest BCUT2D eigenvalue weighted by atomic mass is 9.45. The highest BCUT2D eigenvalue weighted by Crippen LogP contribution is 2.66. The molecule has 0 radical (unpaired) electrons. The summed E-state index contributed by atoms with van der Waals surface area (Å²) in [6.45, 7) is 5.04. The van der Waals surface area contributed by atoms with Crippen molar-refractivity contribution in [1.29, 1.82) is 0 Å². The number of benzene rings is 1. The lowest BCUT2D eigenvalue weighted by Crippen LogP contribution is -2.53. The van der Waals surface area contributed by atoms with E-state index in [1.54, 1.807) is 0 Å². The van der Waals surface area contributed by atoms with Gasteiger partial charge in [0.1, 0.15) is 5.82 Å². The average Bonchev–Trinajstić information content (AvgIpc) is 3.10. The van der Waals surface area contributed by atoms with E-state index in [2.05, 4.69) is 13.8 Å². The van der Waals surface area contributed by atoms with Crippen molar-refractivity contribution in [2.45, 2.75) is 89.1 Å². The second-order valence-corrected chi connectivity index (χ2v) is 12.7. The summed E-state index contributed by atoms with van der Waals surface area (Å²) in [4.78, 5) is 0.0498. The Kier molecular flexibility index (Phi) is 5.09. The molecule has 4 fully saturated rings. The van der Waals surface area contributed by atoms with E-state index in [0.717, 1.165) is 37.0 Å². The molecule has 30 heavy (non-hydrogen) atoms. The van der Waals surface area contributed by atoms with E-state index in [1.165, 1.54) is 69.2 Å². The molecule has 0 bridgehead atoms. The molecule has 5 rings (SSSR count). The van der Waals surface area contributed by atoms with Gasteiger partial charge < -0.3 is 0 Å². The number of hydrogen-bond acceptors (Lipinski definition) is 3. The standard InChI is InChI=1S/C25H35FO3S/c1-24-13-3-4-22(24)21-10-5-17-16-19(11-15-25(17,2)23(21)12-14-24)29-30(27,28)20-8-6-18(26)7-9-20/h6-9,17,19,21-23H,3-5,10-16H2,1-2H3/t17-,19+,21-,22+,23+,24+,25+/m0/s1. The van der Waals surface area contributed by atoms with Crippen LogP contribution in [0.1, 0.15) is 78.1 Å². The zero-order valence-corrected chi connectivity index (χ0v) is 19.1. The molecule has 0 aliphatic heterocycles. The molecule has 0 N–H and O–H groups in total. The van der Waals surface area contributed by atoms with E-state index in [9.17, 15) is 12.8 Å². The molecular formula is C25H35FO3S. The van der Waals surface area contributed by atoms with Gasteiger partial charge in [0, 0.05) is 0 Å². The Hall–Kier alpha value is -0.940. The minimum absolute atomic E-state index is 0.0498. The minimum atomic E-state index is -3.84. The van der Waals surface area contributed by atoms with E-state index in [4.69, 9.17) is 4.18 Å². The van der Waals surface area contributed by atoms with Crippen LogP contribution in [-0.2, 0) is 14.3 Å². The Labute approximate surface area is 180 Å². The third-order valence-corrected chi connectivity index (χ3v) is 11.1. The molecule has 5 heteroatoms. The van der Waals surface area contributed by atoms with E-state index < -0.39 is 15.9 Å². The number of rotatable bonds is 3. The molecule has 166 valence electrons. The molecule has 1 aromatic carbocycles. The number of hydrogen-bond donors (Lipinski definition) is 0. The summed E-state index contributed by atoms with van der Waals surface area (Å²) in [5.74, 6) is 2.67. The lowest BCUT2D eigenvalue weighted by molar-refractivity contribution is -0.117. The van der Waals surface area contributed by atoms with E-state index in [0.29, 0.717) is 16.7 Å². The van der Waals surface area contributed by atoms with Crippen LogP contribution < -0.4 is 0 Å². The Morgan fingerprint density at radius 2 is 1.70 bits per heavy atom. The first-order valence-electron chi connectivity index (χ1n) is 11.9.